The van der Waals surface area contributed by atoms with Crippen molar-refractivity contribution < 1.29 is 14.3 Å². The van der Waals surface area contributed by atoms with Crippen LogP contribution in [0.4, 0.5) is 0 Å². The number of amides is 1. The van der Waals surface area contributed by atoms with E-state index in [-0.39, 0.29) is 17.8 Å². The van der Waals surface area contributed by atoms with Gasteiger partial charge in [0.1, 0.15) is 0 Å². The summed E-state index contributed by atoms with van der Waals surface area (Å²) in [6, 6.07) is 10.1. The number of esters is 1. The summed E-state index contributed by atoms with van der Waals surface area (Å²) in [4.78, 5) is 31.8. The van der Waals surface area contributed by atoms with Crippen molar-refractivity contribution in [1.29, 1.82) is 0 Å². The Hall–Kier alpha value is -3.22. The first-order valence-electron chi connectivity index (χ1n) is 10.9. The molecule has 1 aromatic carbocycles. The van der Waals surface area contributed by atoms with E-state index in [1.54, 1.807) is 6.20 Å². The molecule has 0 atom stereocenters. The lowest BCUT2D eigenvalue weighted by molar-refractivity contribution is -0.149. The summed E-state index contributed by atoms with van der Waals surface area (Å²) in [6.45, 7) is 7.27. The van der Waals surface area contributed by atoms with E-state index in [0.717, 1.165) is 28.2 Å². The standard InChI is InChI=1S/C24H28N4O3/c1-4-20-19(23(29)27-13-11-18(12-14-27)24(30)31-5-2)15-25-22-21(16(3)26-28(20)22)17-9-7-6-8-10-17/h6-10,15,18H,4-5,11-14H2,1-3H3. The molecule has 4 rings (SSSR count). The molecule has 7 nitrogen and oxygen atoms in total. The average molecular weight is 421 g/mol. The van der Waals surface area contributed by atoms with Crippen LogP contribution >= 0.6 is 0 Å². The molecule has 0 bridgehead atoms. The van der Waals surface area contributed by atoms with Crippen LogP contribution in [0.2, 0.25) is 0 Å². The van der Waals surface area contributed by atoms with Crippen LogP contribution in [0, 0.1) is 12.8 Å². The van der Waals surface area contributed by atoms with Gasteiger partial charge in [0, 0.05) is 24.8 Å². The molecule has 1 aliphatic rings. The first-order valence-corrected chi connectivity index (χ1v) is 10.9. The molecular weight excluding hydrogens is 392 g/mol. The number of aromatic nitrogens is 3. The van der Waals surface area contributed by atoms with Gasteiger partial charge in [-0.25, -0.2) is 9.50 Å². The minimum atomic E-state index is -0.160. The Balaban J connectivity index is 1.63. The maximum Gasteiger partial charge on any atom is 0.309 e. The topological polar surface area (TPSA) is 76.8 Å². The first-order chi connectivity index (χ1) is 15.0. The molecule has 0 N–H and O–H groups in total. The van der Waals surface area contributed by atoms with Gasteiger partial charge >= 0.3 is 5.97 Å². The van der Waals surface area contributed by atoms with E-state index in [1.807, 2.05) is 60.5 Å². The third-order valence-electron chi connectivity index (χ3n) is 5.95. The summed E-state index contributed by atoms with van der Waals surface area (Å²) >= 11 is 0. The zero-order chi connectivity index (χ0) is 22.0. The van der Waals surface area contributed by atoms with Gasteiger partial charge in [-0.1, -0.05) is 37.3 Å². The molecule has 7 heteroatoms. The number of nitrogens with zero attached hydrogens (tertiary/aromatic N) is 4. The van der Waals surface area contributed by atoms with Crippen molar-refractivity contribution in [3.63, 3.8) is 0 Å². The second-order valence-electron chi connectivity index (χ2n) is 7.85. The van der Waals surface area contributed by atoms with Crippen molar-refractivity contribution in [3.05, 3.63) is 53.5 Å². The highest BCUT2D eigenvalue weighted by Crippen LogP contribution is 2.29. The van der Waals surface area contributed by atoms with Crippen LogP contribution in [0.3, 0.4) is 0 Å². The maximum absolute atomic E-state index is 13.3. The second kappa shape index (κ2) is 8.88. The minimum Gasteiger partial charge on any atom is -0.466 e. The molecule has 3 aromatic rings. The van der Waals surface area contributed by atoms with Gasteiger partial charge in [0.25, 0.3) is 5.91 Å². The number of likely N-dealkylation sites (tertiary alicyclic amines) is 1. The summed E-state index contributed by atoms with van der Waals surface area (Å²) < 4.78 is 6.95. The predicted molar refractivity (Wildman–Crippen MR) is 118 cm³/mol. The van der Waals surface area contributed by atoms with E-state index in [0.29, 0.717) is 44.5 Å². The third kappa shape index (κ3) is 3.92. The lowest BCUT2D eigenvalue weighted by atomic mass is 9.96. The number of rotatable bonds is 5. The van der Waals surface area contributed by atoms with E-state index in [4.69, 9.17) is 9.84 Å². The van der Waals surface area contributed by atoms with Crippen molar-refractivity contribution in [1.82, 2.24) is 19.5 Å². The summed E-state index contributed by atoms with van der Waals surface area (Å²) in [5, 5.41) is 4.73. The smallest absolute Gasteiger partial charge is 0.309 e. The molecule has 1 fully saturated rings. The molecule has 1 saturated heterocycles. The Labute approximate surface area is 182 Å². The van der Waals surface area contributed by atoms with Crippen LogP contribution in [0.25, 0.3) is 16.8 Å². The molecule has 0 saturated carbocycles. The van der Waals surface area contributed by atoms with Crippen molar-refractivity contribution in [2.75, 3.05) is 19.7 Å². The lowest BCUT2D eigenvalue weighted by Gasteiger charge is -2.31. The van der Waals surface area contributed by atoms with Crippen LogP contribution in [0.5, 0.6) is 0 Å². The fraction of sp³-hybridized carbons (Fsp3) is 0.417. The highest BCUT2D eigenvalue weighted by atomic mass is 16.5. The van der Waals surface area contributed by atoms with Gasteiger partial charge < -0.3 is 9.64 Å². The van der Waals surface area contributed by atoms with E-state index in [9.17, 15) is 9.59 Å². The van der Waals surface area contributed by atoms with E-state index in [1.165, 1.54) is 0 Å². The highest BCUT2D eigenvalue weighted by Gasteiger charge is 2.30. The number of benzene rings is 1. The molecular formula is C24H28N4O3. The molecule has 0 unspecified atom stereocenters. The number of carbonyl (C=O) groups excluding carboxylic acids is 2. The normalized spacial score (nSPS) is 14.7. The van der Waals surface area contributed by atoms with E-state index >= 15 is 0 Å². The monoisotopic (exact) mass is 420 g/mol. The summed E-state index contributed by atoms with van der Waals surface area (Å²) in [6.07, 6.45) is 3.59. The molecule has 162 valence electrons. The number of ether oxygens (including phenoxy) is 1. The number of hydrogen-bond acceptors (Lipinski definition) is 5. The third-order valence-corrected chi connectivity index (χ3v) is 5.95. The quantitative estimate of drug-likeness (QED) is 0.589. The molecule has 2 aromatic heterocycles. The van der Waals surface area contributed by atoms with Gasteiger partial charge in [0.2, 0.25) is 0 Å². The number of hydrogen-bond donors (Lipinski definition) is 0. The van der Waals surface area contributed by atoms with Crippen LogP contribution in [-0.4, -0.2) is 51.1 Å². The van der Waals surface area contributed by atoms with Gasteiger partial charge in [0.05, 0.1) is 29.5 Å². The Bertz CT molecular complexity index is 1100. The second-order valence-corrected chi connectivity index (χ2v) is 7.85. The molecule has 0 radical (unpaired) electrons. The van der Waals surface area contributed by atoms with Gasteiger partial charge in [-0.05, 0) is 38.7 Å². The Kier molecular flexibility index (Phi) is 6.02. The Morgan fingerprint density at radius 2 is 1.84 bits per heavy atom. The molecule has 3 heterocycles. The average Bonchev–Trinajstić information content (AvgIpc) is 3.14. The maximum atomic E-state index is 13.3. The van der Waals surface area contributed by atoms with E-state index < -0.39 is 0 Å². The van der Waals surface area contributed by atoms with Gasteiger partial charge in [-0.3, -0.25) is 9.59 Å². The van der Waals surface area contributed by atoms with Crippen LogP contribution in [0.15, 0.2) is 36.5 Å². The SMILES string of the molecule is CCOC(=O)C1CCN(C(=O)c2cnc3c(-c4ccccc4)c(C)nn3c2CC)CC1. The predicted octanol–water partition coefficient (Wildman–Crippen LogP) is 3.68. The van der Waals surface area contributed by atoms with Crippen molar-refractivity contribution >= 4 is 17.5 Å². The fourth-order valence-electron chi connectivity index (χ4n) is 4.35. The zero-order valence-corrected chi connectivity index (χ0v) is 18.3. The Morgan fingerprint density at radius 1 is 1.13 bits per heavy atom. The van der Waals surface area contributed by atoms with Crippen LogP contribution in [0.1, 0.15) is 48.4 Å². The summed E-state index contributed by atoms with van der Waals surface area (Å²) in [7, 11) is 0. The Morgan fingerprint density at radius 3 is 2.48 bits per heavy atom. The largest absolute Gasteiger partial charge is 0.466 e. The van der Waals surface area contributed by atoms with E-state index in [2.05, 4.69) is 4.98 Å². The van der Waals surface area contributed by atoms with Crippen molar-refractivity contribution in [2.45, 2.75) is 40.0 Å². The number of aryl methyl sites for hydroxylation is 2. The highest BCUT2D eigenvalue weighted by molar-refractivity contribution is 5.96. The molecule has 0 spiro atoms. The number of piperidine rings is 1. The van der Waals surface area contributed by atoms with Crippen molar-refractivity contribution in [3.8, 4) is 11.1 Å². The van der Waals surface area contributed by atoms with Gasteiger partial charge in [-0.15, -0.1) is 0 Å². The number of fused-ring (bicyclic) bond motifs is 1. The lowest BCUT2D eigenvalue weighted by Crippen LogP contribution is -2.41. The molecule has 31 heavy (non-hydrogen) atoms. The number of carbonyl (C=O) groups is 2. The van der Waals surface area contributed by atoms with Crippen molar-refractivity contribution in [2.24, 2.45) is 5.92 Å². The molecule has 1 amide bonds. The zero-order valence-electron chi connectivity index (χ0n) is 18.3. The summed E-state index contributed by atoms with van der Waals surface area (Å²) in [5.74, 6) is -0.340. The first kappa shape index (κ1) is 21.0. The van der Waals surface area contributed by atoms with Crippen LogP contribution in [-0.2, 0) is 16.0 Å². The minimum absolute atomic E-state index is 0.0528. The van der Waals surface area contributed by atoms with Gasteiger partial charge in [-0.2, -0.15) is 5.10 Å². The molecule has 1 aliphatic heterocycles. The summed E-state index contributed by atoms with van der Waals surface area (Å²) in [5.41, 5.74) is 5.13. The molecule has 0 aliphatic carbocycles. The van der Waals surface area contributed by atoms with Gasteiger partial charge in [0.15, 0.2) is 5.65 Å². The fourth-order valence-corrected chi connectivity index (χ4v) is 4.35. The van der Waals surface area contributed by atoms with Crippen LogP contribution < -0.4 is 0 Å².